The number of nitrogens with zero attached hydrogens (tertiary/aromatic N) is 4. The molecule has 102 valence electrons. The van der Waals surface area contributed by atoms with Gasteiger partial charge in [-0.2, -0.15) is 13.2 Å². The average molecular weight is 283 g/mol. The van der Waals surface area contributed by atoms with Crippen molar-refractivity contribution in [3.05, 3.63) is 5.82 Å². The number of hydrogen-bond acceptors (Lipinski definition) is 5. The third kappa shape index (κ3) is 3.28. The van der Waals surface area contributed by atoms with Crippen LogP contribution in [-0.4, -0.2) is 37.7 Å². The van der Waals surface area contributed by atoms with Gasteiger partial charge >= 0.3 is 6.18 Å². The van der Waals surface area contributed by atoms with Gasteiger partial charge < -0.3 is 15.5 Å². The molecule has 0 amide bonds. The Morgan fingerprint density at radius 3 is 2.56 bits per heavy atom. The van der Waals surface area contributed by atoms with E-state index in [1.807, 2.05) is 0 Å². The minimum atomic E-state index is -4.57. The molecule has 1 aromatic heterocycles. The summed E-state index contributed by atoms with van der Waals surface area (Å²) in [5, 5.41) is 18.5. The van der Waals surface area contributed by atoms with Crippen molar-refractivity contribution in [2.75, 3.05) is 5.75 Å². The summed E-state index contributed by atoms with van der Waals surface area (Å²) in [6.07, 6.45) is -4.57. The van der Waals surface area contributed by atoms with Crippen molar-refractivity contribution in [3.8, 4) is 0 Å². The highest BCUT2D eigenvalue weighted by Gasteiger charge is 2.43. The molecular formula is C8H12F3N5OS. The van der Waals surface area contributed by atoms with E-state index in [0.29, 0.717) is 11.0 Å². The van der Waals surface area contributed by atoms with Crippen LogP contribution in [0.15, 0.2) is 10.3 Å². The van der Waals surface area contributed by atoms with E-state index in [2.05, 4.69) is 15.4 Å². The van der Waals surface area contributed by atoms with Crippen LogP contribution >= 0.6 is 11.8 Å². The van der Waals surface area contributed by atoms with Crippen LogP contribution in [0.5, 0.6) is 0 Å². The first-order chi connectivity index (χ1) is 8.27. The summed E-state index contributed by atoms with van der Waals surface area (Å²) >= 11 is 0.844. The number of aryl methyl sites for hydroxylation is 1. The molecule has 0 spiro atoms. The van der Waals surface area contributed by atoms with Crippen molar-refractivity contribution in [2.45, 2.75) is 18.3 Å². The van der Waals surface area contributed by atoms with Crippen LogP contribution in [-0.2, 0) is 7.05 Å². The lowest BCUT2D eigenvalue weighted by Crippen LogP contribution is -2.37. The SMILES string of the molecule is Cc1nnc(SCC(C(N)=NO)C(F)(F)F)n1C. The molecule has 0 aliphatic rings. The van der Waals surface area contributed by atoms with Crippen LogP contribution < -0.4 is 5.73 Å². The molecule has 1 heterocycles. The summed E-state index contributed by atoms with van der Waals surface area (Å²) in [4.78, 5) is 0. The van der Waals surface area contributed by atoms with Gasteiger partial charge in [-0.05, 0) is 6.92 Å². The molecule has 1 aromatic rings. The lowest BCUT2D eigenvalue weighted by Gasteiger charge is -2.17. The Morgan fingerprint density at radius 1 is 1.56 bits per heavy atom. The van der Waals surface area contributed by atoms with E-state index >= 15 is 0 Å². The minimum absolute atomic E-state index is 0.340. The Kier molecular flexibility index (Phi) is 4.43. The van der Waals surface area contributed by atoms with E-state index < -0.39 is 23.7 Å². The maximum absolute atomic E-state index is 12.6. The molecular weight excluding hydrogens is 271 g/mol. The summed E-state index contributed by atoms with van der Waals surface area (Å²) in [6.45, 7) is 1.68. The summed E-state index contributed by atoms with van der Waals surface area (Å²) in [6, 6.07) is 0. The lowest BCUT2D eigenvalue weighted by atomic mass is 10.1. The van der Waals surface area contributed by atoms with Crippen LogP contribution in [0.3, 0.4) is 0 Å². The molecule has 0 fully saturated rings. The highest BCUT2D eigenvalue weighted by atomic mass is 32.2. The van der Waals surface area contributed by atoms with Gasteiger partial charge in [-0.3, -0.25) is 0 Å². The number of thioether (sulfide) groups is 1. The van der Waals surface area contributed by atoms with E-state index in [1.54, 1.807) is 18.5 Å². The first-order valence-corrected chi connectivity index (χ1v) is 5.78. The molecule has 0 aliphatic heterocycles. The lowest BCUT2D eigenvalue weighted by molar-refractivity contribution is -0.150. The van der Waals surface area contributed by atoms with Crippen LogP contribution in [0.25, 0.3) is 0 Å². The van der Waals surface area contributed by atoms with Gasteiger partial charge in [0.25, 0.3) is 0 Å². The molecule has 0 aliphatic carbocycles. The van der Waals surface area contributed by atoms with Crippen molar-refractivity contribution >= 4 is 17.6 Å². The average Bonchev–Trinajstić information content (AvgIpc) is 2.58. The van der Waals surface area contributed by atoms with Crippen LogP contribution in [0, 0.1) is 12.8 Å². The Balaban J connectivity index is 2.78. The van der Waals surface area contributed by atoms with E-state index in [-0.39, 0.29) is 0 Å². The molecule has 10 heteroatoms. The molecule has 1 rings (SSSR count). The van der Waals surface area contributed by atoms with Gasteiger partial charge in [0.15, 0.2) is 11.0 Å². The first-order valence-electron chi connectivity index (χ1n) is 4.80. The molecule has 1 unspecified atom stereocenters. The first kappa shape index (κ1) is 14.6. The molecule has 18 heavy (non-hydrogen) atoms. The molecule has 0 aromatic carbocycles. The number of halogens is 3. The Hall–Kier alpha value is -1.45. The Labute approximate surface area is 105 Å². The smallest absolute Gasteiger partial charge is 0.399 e. The number of oxime groups is 1. The fourth-order valence-corrected chi connectivity index (χ4v) is 2.19. The third-order valence-electron chi connectivity index (χ3n) is 2.30. The molecule has 0 saturated carbocycles. The molecule has 0 radical (unpaired) electrons. The van der Waals surface area contributed by atoms with Crippen molar-refractivity contribution in [2.24, 2.45) is 23.9 Å². The second-order valence-corrected chi connectivity index (χ2v) is 4.51. The van der Waals surface area contributed by atoms with Crippen molar-refractivity contribution in [1.29, 1.82) is 0 Å². The number of amidine groups is 1. The number of hydrogen-bond donors (Lipinski definition) is 2. The zero-order chi connectivity index (χ0) is 13.9. The largest absolute Gasteiger partial charge is 0.409 e. The fourth-order valence-electron chi connectivity index (χ4n) is 1.09. The minimum Gasteiger partial charge on any atom is -0.409 e. The topological polar surface area (TPSA) is 89.3 Å². The Bertz CT molecular complexity index is 444. The Morgan fingerprint density at radius 2 is 2.17 bits per heavy atom. The predicted octanol–water partition coefficient (Wildman–Crippen LogP) is 1.14. The van der Waals surface area contributed by atoms with Gasteiger partial charge in [-0.15, -0.1) is 10.2 Å². The van der Waals surface area contributed by atoms with Crippen LogP contribution in [0.2, 0.25) is 0 Å². The quantitative estimate of drug-likeness (QED) is 0.284. The van der Waals surface area contributed by atoms with Crippen molar-refractivity contribution < 1.29 is 18.4 Å². The van der Waals surface area contributed by atoms with Gasteiger partial charge in [-0.25, -0.2) is 0 Å². The van der Waals surface area contributed by atoms with E-state index in [1.165, 1.54) is 0 Å². The van der Waals surface area contributed by atoms with Gasteiger partial charge in [0, 0.05) is 12.8 Å². The predicted molar refractivity (Wildman–Crippen MR) is 59.4 cm³/mol. The number of nitrogens with two attached hydrogens (primary N) is 1. The van der Waals surface area contributed by atoms with E-state index in [4.69, 9.17) is 10.9 Å². The highest BCUT2D eigenvalue weighted by molar-refractivity contribution is 7.99. The second-order valence-electron chi connectivity index (χ2n) is 3.52. The maximum Gasteiger partial charge on any atom is 0.399 e. The normalized spacial score (nSPS) is 14.8. The molecule has 3 N–H and O–H groups in total. The van der Waals surface area contributed by atoms with Gasteiger partial charge in [-0.1, -0.05) is 16.9 Å². The fraction of sp³-hybridized carbons (Fsp3) is 0.625. The summed E-state index contributed by atoms with van der Waals surface area (Å²) in [5.41, 5.74) is 5.03. The monoisotopic (exact) mass is 283 g/mol. The number of alkyl halides is 3. The zero-order valence-corrected chi connectivity index (χ0v) is 10.5. The molecule has 6 nitrogen and oxygen atoms in total. The standard InChI is InChI=1S/C8H12F3N5OS/c1-4-13-14-7(16(4)2)18-3-5(6(12)15-17)8(9,10)11/h5,17H,3H2,1-2H3,(H2,12,15). The van der Waals surface area contributed by atoms with Crippen molar-refractivity contribution in [3.63, 3.8) is 0 Å². The summed E-state index contributed by atoms with van der Waals surface area (Å²) < 4.78 is 39.5. The van der Waals surface area contributed by atoms with Crippen LogP contribution in [0.1, 0.15) is 5.82 Å². The van der Waals surface area contributed by atoms with Gasteiger partial charge in [0.2, 0.25) is 0 Å². The summed E-state index contributed by atoms with van der Waals surface area (Å²) in [7, 11) is 1.64. The third-order valence-corrected chi connectivity index (χ3v) is 3.41. The molecule has 0 bridgehead atoms. The van der Waals surface area contributed by atoms with Gasteiger partial charge in [0.1, 0.15) is 11.7 Å². The number of rotatable bonds is 4. The van der Waals surface area contributed by atoms with Crippen molar-refractivity contribution in [1.82, 2.24) is 14.8 Å². The maximum atomic E-state index is 12.6. The zero-order valence-electron chi connectivity index (χ0n) is 9.64. The highest BCUT2D eigenvalue weighted by Crippen LogP contribution is 2.31. The van der Waals surface area contributed by atoms with E-state index in [9.17, 15) is 13.2 Å². The molecule has 0 saturated heterocycles. The van der Waals surface area contributed by atoms with Gasteiger partial charge in [0.05, 0.1) is 0 Å². The second kappa shape index (κ2) is 5.46. The molecule has 1 atom stereocenters. The number of aromatic nitrogens is 3. The summed E-state index contributed by atoms with van der Waals surface area (Å²) in [5.74, 6) is -2.73. The van der Waals surface area contributed by atoms with Crippen LogP contribution in [0.4, 0.5) is 13.2 Å². The van der Waals surface area contributed by atoms with E-state index in [0.717, 1.165) is 11.8 Å².